The minimum atomic E-state index is -0.498. The van der Waals surface area contributed by atoms with E-state index in [-0.39, 0.29) is 17.9 Å². The number of carbonyl (C=O) groups is 2. The van der Waals surface area contributed by atoms with Gasteiger partial charge in [0.25, 0.3) is 5.91 Å². The molecular weight excluding hydrogens is 418 g/mol. The Hall–Kier alpha value is -2.64. The minimum absolute atomic E-state index is 0.0671. The molecule has 154 valence electrons. The van der Waals surface area contributed by atoms with Crippen molar-refractivity contribution in [2.75, 3.05) is 13.2 Å². The molecule has 1 saturated heterocycles. The van der Waals surface area contributed by atoms with Crippen molar-refractivity contribution in [3.63, 3.8) is 0 Å². The Morgan fingerprint density at radius 1 is 1.17 bits per heavy atom. The van der Waals surface area contributed by atoms with Crippen LogP contribution in [0.3, 0.4) is 0 Å². The van der Waals surface area contributed by atoms with Crippen molar-refractivity contribution < 1.29 is 19.1 Å². The first kappa shape index (κ1) is 19.3. The molecule has 3 aromatic rings. The maximum Gasteiger partial charge on any atom is 0.314 e. The maximum atomic E-state index is 13.5. The van der Waals surface area contributed by atoms with Gasteiger partial charge in [0.15, 0.2) is 0 Å². The van der Waals surface area contributed by atoms with E-state index in [1.54, 1.807) is 23.2 Å². The van der Waals surface area contributed by atoms with Crippen molar-refractivity contribution in [3.05, 3.63) is 63.8 Å². The molecule has 5 rings (SSSR count). The number of amides is 1. The predicted molar refractivity (Wildman–Crippen MR) is 117 cm³/mol. The molecule has 0 spiro atoms. The van der Waals surface area contributed by atoms with Crippen LogP contribution in [0.25, 0.3) is 9.75 Å². The molecule has 30 heavy (non-hydrogen) atoms. The van der Waals surface area contributed by atoms with Crippen LogP contribution < -0.4 is 4.74 Å². The Balaban J connectivity index is 1.50. The summed E-state index contributed by atoms with van der Waals surface area (Å²) in [4.78, 5) is 30.9. The number of hydrogen-bond acceptors (Lipinski definition) is 6. The second-order valence-electron chi connectivity index (χ2n) is 7.48. The molecular formula is C23H21NO4S2. The molecule has 0 bridgehead atoms. The maximum absolute atomic E-state index is 13.5. The molecule has 0 radical (unpaired) electrons. The Bertz CT molecular complexity index is 1100. The summed E-state index contributed by atoms with van der Waals surface area (Å²) in [5, 5.41) is 2.03. The summed E-state index contributed by atoms with van der Waals surface area (Å²) in [6.45, 7) is 4.38. The van der Waals surface area contributed by atoms with Crippen LogP contribution in [0.5, 0.6) is 5.75 Å². The predicted octanol–water partition coefficient (Wildman–Crippen LogP) is 4.92. The molecule has 1 fully saturated rings. The summed E-state index contributed by atoms with van der Waals surface area (Å²) in [6.07, 6.45) is -0.416. The number of nitrogens with zero attached hydrogens (tertiary/aromatic N) is 1. The van der Waals surface area contributed by atoms with E-state index in [0.29, 0.717) is 18.0 Å². The number of benzene rings is 1. The van der Waals surface area contributed by atoms with Crippen LogP contribution in [-0.4, -0.2) is 36.0 Å². The van der Waals surface area contributed by atoms with Crippen molar-refractivity contribution in [1.82, 2.24) is 4.90 Å². The number of hydrogen-bond donors (Lipinski definition) is 0. The highest BCUT2D eigenvalue weighted by molar-refractivity contribution is 7.22. The van der Waals surface area contributed by atoms with Crippen LogP contribution in [0.1, 0.15) is 33.8 Å². The number of likely N-dealkylation sites (tertiary alicyclic amines) is 1. The number of ether oxygens (including phenoxy) is 2. The molecule has 7 heteroatoms. The number of esters is 1. The molecule has 4 heterocycles. The summed E-state index contributed by atoms with van der Waals surface area (Å²) >= 11 is 3.14. The summed E-state index contributed by atoms with van der Waals surface area (Å²) in [5.74, 6) is -0.0894. The highest BCUT2D eigenvalue weighted by Crippen LogP contribution is 2.49. The largest absolute Gasteiger partial charge is 0.486 e. The van der Waals surface area contributed by atoms with Gasteiger partial charge in [-0.3, -0.25) is 9.59 Å². The van der Waals surface area contributed by atoms with E-state index < -0.39 is 12.0 Å². The fraction of sp³-hybridized carbons (Fsp3) is 0.304. The smallest absolute Gasteiger partial charge is 0.314 e. The van der Waals surface area contributed by atoms with E-state index in [9.17, 15) is 9.59 Å². The zero-order valence-electron chi connectivity index (χ0n) is 16.7. The van der Waals surface area contributed by atoms with Gasteiger partial charge < -0.3 is 14.4 Å². The second-order valence-corrected chi connectivity index (χ2v) is 9.51. The topological polar surface area (TPSA) is 55.8 Å². The van der Waals surface area contributed by atoms with Gasteiger partial charge in [0.2, 0.25) is 0 Å². The third kappa shape index (κ3) is 3.04. The fourth-order valence-corrected chi connectivity index (χ4v) is 6.13. The van der Waals surface area contributed by atoms with Crippen molar-refractivity contribution in [1.29, 1.82) is 0 Å². The quantitative estimate of drug-likeness (QED) is 0.542. The van der Waals surface area contributed by atoms with Gasteiger partial charge in [-0.2, -0.15) is 0 Å². The zero-order valence-corrected chi connectivity index (χ0v) is 18.3. The Kier molecular flexibility index (Phi) is 4.87. The van der Waals surface area contributed by atoms with Crippen molar-refractivity contribution in [3.8, 4) is 15.5 Å². The van der Waals surface area contributed by atoms with Gasteiger partial charge in [0.05, 0.1) is 17.5 Å². The highest BCUT2D eigenvalue weighted by atomic mass is 32.1. The van der Waals surface area contributed by atoms with Crippen LogP contribution in [0.4, 0.5) is 0 Å². The average molecular weight is 440 g/mol. The lowest BCUT2D eigenvalue weighted by Crippen LogP contribution is -2.31. The molecule has 2 aliphatic rings. The van der Waals surface area contributed by atoms with E-state index in [1.807, 2.05) is 48.7 Å². The Morgan fingerprint density at radius 2 is 2.03 bits per heavy atom. The first-order valence-electron chi connectivity index (χ1n) is 9.96. The normalized spacial score (nSPS) is 21.8. The molecule has 1 amide bonds. The number of para-hydroxylation sites is 1. The molecule has 0 aliphatic carbocycles. The average Bonchev–Trinajstić information content (AvgIpc) is 3.50. The van der Waals surface area contributed by atoms with Crippen molar-refractivity contribution >= 4 is 34.6 Å². The molecule has 2 aliphatic heterocycles. The molecule has 0 unspecified atom stereocenters. The van der Waals surface area contributed by atoms with E-state index in [0.717, 1.165) is 26.6 Å². The first-order valence-corrected chi connectivity index (χ1v) is 11.7. The van der Waals surface area contributed by atoms with Gasteiger partial charge in [-0.05, 0) is 43.0 Å². The second kappa shape index (κ2) is 7.56. The number of fused-ring (bicyclic) bond motifs is 3. The standard InChI is InChI=1S/C23H21NO4S2/c1-3-27-23(26)15-12-24(19-14-7-4-6-13(2)20(14)28-21(15)19)22(25)18-10-9-17(30-18)16-8-5-11-29-16/h4-11,15,19,21H,3,12H2,1-2H3/t15-,19+,21+/m1/s1. The number of thiophene rings is 2. The van der Waals surface area contributed by atoms with Gasteiger partial charge in [0.1, 0.15) is 17.8 Å². The molecule has 5 nitrogen and oxygen atoms in total. The van der Waals surface area contributed by atoms with Crippen LogP contribution in [-0.2, 0) is 9.53 Å². The lowest BCUT2D eigenvalue weighted by Gasteiger charge is -2.22. The third-order valence-corrected chi connectivity index (χ3v) is 7.82. The zero-order chi connectivity index (χ0) is 20.8. The molecule has 0 saturated carbocycles. The van der Waals surface area contributed by atoms with Crippen molar-refractivity contribution in [2.45, 2.75) is 26.0 Å². The van der Waals surface area contributed by atoms with E-state index >= 15 is 0 Å². The number of aryl methyl sites for hydroxylation is 1. The number of rotatable bonds is 4. The lowest BCUT2D eigenvalue weighted by atomic mass is 9.98. The number of carbonyl (C=O) groups excluding carboxylic acids is 2. The van der Waals surface area contributed by atoms with Gasteiger partial charge in [-0.15, -0.1) is 22.7 Å². The van der Waals surface area contributed by atoms with Crippen molar-refractivity contribution in [2.24, 2.45) is 5.92 Å². The third-order valence-electron chi connectivity index (χ3n) is 5.68. The van der Waals surface area contributed by atoms with Gasteiger partial charge in [-0.1, -0.05) is 24.3 Å². The monoisotopic (exact) mass is 439 g/mol. The summed E-state index contributed by atoms with van der Waals surface area (Å²) < 4.78 is 11.5. The molecule has 3 atom stereocenters. The molecule has 1 aromatic carbocycles. The van der Waals surface area contributed by atoms with E-state index in [4.69, 9.17) is 9.47 Å². The van der Waals surface area contributed by atoms with E-state index in [2.05, 4.69) is 6.07 Å². The van der Waals surface area contributed by atoms with Crippen LogP contribution in [0.2, 0.25) is 0 Å². The molecule has 0 N–H and O–H groups in total. The van der Waals surface area contributed by atoms with Crippen LogP contribution in [0.15, 0.2) is 47.8 Å². The lowest BCUT2D eigenvalue weighted by molar-refractivity contribution is -0.149. The highest BCUT2D eigenvalue weighted by Gasteiger charge is 2.54. The van der Waals surface area contributed by atoms with Crippen LogP contribution >= 0.6 is 22.7 Å². The summed E-state index contributed by atoms with van der Waals surface area (Å²) in [5.41, 5.74) is 1.98. The van der Waals surface area contributed by atoms with Gasteiger partial charge in [0, 0.05) is 21.9 Å². The van der Waals surface area contributed by atoms with Gasteiger partial charge in [-0.25, -0.2) is 0 Å². The van der Waals surface area contributed by atoms with Crippen LogP contribution in [0, 0.1) is 12.8 Å². The van der Waals surface area contributed by atoms with Gasteiger partial charge >= 0.3 is 5.97 Å². The fourth-order valence-electron chi connectivity index (χ4n) is 4.34. The minimum Gasteiger partial charge on any atom is -0.486 e. The molecule has 2 aromatic heterocycles. The summed E-state index contributed by atoms with van der Waals surface area (Å²) in [7, 11) is 0. The Morgan fingerprint density at radius 3 is 2.80 bits per heavy atom. The first-order chi connectivity index (χ1) is 14.6. The SMILES string of the molecule is CCOC(=O)[C@@H]1CN(C(=O)c2ccc(-c3cccs3)s2)[C@H]2c3cccc(C)c3O[C@@H]12. The summed E-state index contributed by atoms with van der Waals surface area (Å²) in [6, 6.07) is 13.6. The Labute approximate surface area is 182 Å². The van der Waals surface area contributed by atoms with E-state index in [1.165, 1.54) is 11.3 Å².